The van der Waals surface area contributed by atoms with Gasteiger partial charge in [-0.3, -0.25) is 5.10 Å². The number of nitrogens with zero attached hydrogens (tertiary/aromatic N) is 2. The summed E-state index contributed by atoms with van der Waals surface area (Å²) in [6.45, 7) is 1.84. The van der Waals surface area contributed by atoms with Crippen LogP contribution >= 0.6 is 11.6 Å². The molecule has 0 aliphatic heterocycles. The van der Waals surface area contributed by atoms with Crippen molar-refractivity contribution in [2.24, 2.45) is 0 Å². The normalized spacial score (nSPS) is 13.8. The zero-order valence-corrected chi connectivity index (χ0v) is 5.18. The van der Waals surface area contributed by atoms with Gasteiger partial charge in [0.2, 0.25) is 0 Å². The monoisotopic (exact) mass is 131 g/mol. The summed E-state index contributed by atoms with van der Waals surface area (Å²) in [5.74, 6) is 0.715. The van der Waals surface area contributed by atoms with Gasteiger partial charge in [0.25, 0.3) is 0 Å². The second-order valence-electron chi connectivity index (χ2n) is 1.49. The number of hydrogen-bond acceptors (Lipinski definition) is 2. The Hall–Kier alpha value is -0.570. The molecule has 0 aliphatic carbocycles. The lowest BCUT2D eigenvalue weighted by molar-refractivity contribution is 0.918. The van der Waals surface area contributed by atoms with Gasteiger partial charge in [0.05, 0.1) is 5.38 Å². The molecule has 0 aromatic carbocycles. The van der Waals surface area contributed by atoms with E-state index in [1.54, 1.807) is 0 Å². The first-order chi connectivity index (χ1) is 3.80. The minimum Gasteiger partial charge on any atom is -0.262 e. The molecular formula is C4H6ClN3. The first-order valence-electron chi connectivity index (χ1n) is 2.30. The summed E-state index contributed by atoms with van der Waals surface area (Å²) in [4.78, 5) is 3.82. The second-order valence-corrected chi connectivity index (χ2v) is 2.14. The van der Waals surface area contributed by atoms with Gasteiger partial charge < -0.3 is 0 Å². The number of nitrogens with one attached hydrogen (secondary N) is 1. The van der Waals surface area contributed by atoms with E-state index in [1.165, 1.54) is 6.33 Å². The zero-order valence-electron chi connectivity index (χ0n) is 4.43. The van der Waals surface area contributed by atoms with E-state index in [1.807, 2.05) is 6.92 Å². The molecule has 0 saturated carbocycles. The predicted molar refractivity (Wildman–Crippen MR) is 30.7 cm³/mol. The maximum Gasteiger partial charge on any atom is 0.141 e. The molecule has 3 nitrogen and oxygen atoms in total. The fourth-order valence-electron chi connectivity index (χ4n) is 0.407. The lowest BCUT2D eigenvalue weighted by atomic mass is 10.5. The highest BCUT2D eigenvalue weighted by molar-refractivity contribution is 6.20. The Labute approximate surface area is 52.1 Å². The van der Waals surface area contributed by atoms with Gasteiger partial charge in [0.1, 0.15) is 12.2 Å². The fraction of sp³-hybridized carbons (Fsp3) is 0.500. The second kappa shape index (κ2) is 2.13. The number of halogens is 1. The molecule has 1 N–H and O–H groups in total. The Morgan fingerprint density at radius 3 is 2.88 bits per heavy atom. The van der Waals surface area contributed by atoms with Crippen LogP contribution in [0.5, 0.6) is 0 Å². The van der Waals surface area contributed by atoms with Crippen LogP contribution in [0.4, 0.5) is 0 Å². The molecule has 0 bridgehead atoms. The highest BCUT2D eigenvalue weighted by Gasteiger charge is 2.00. The Kier molecular flexibility index (Phi) is 1.48. The van der Waals surface area contributed by atoms with Crippen LogP contribution in [0.25, 0.3) is 0 Å². The summed E-state index contributed by atoms with van der Waals surface area (Å²) in [6, 6.07) is 0. The van der Waals surface area contributed by atoms with Crippen LogP contribution in [-0.2, 0) is 0 Å². The van der Waals surface area contributed by atoms with Gasteiger partial charge in [-0.25, -0.2) is 4.98 Å². The maximum atomic E-state index is 5.61. The lowest BCUT2D eigenvalue weighted by Gasteiger charge is -1.91. The van der Waals surface area contributed by atoms with Crippen LogP contribution in [-0.4, -0.2) is 15.2 Å². The summed E-state index contributed by atoms with van der Waals surface area (Å²) in [5.41, 5.74) is 0. The minimum atomic E-state index is -0.0718. The van der Waals surface area contributed by atoms with Crippen molar-refractivity contribution in [1.82, 2.24) is 15.2 Å². The highest BCUT2D eigenvalue weighted by atomic mass is 35.5. The number of rotatable bonds is 1. The maximum absolute atomic E-state index is 5.61. The largest absolute Gasteiger partial charge is 0.262 e. The summed E-state index contributed by atoms with van der Waals surface area (Å²) < 4.78 is 0. The summed E-state index contributed by atoms with van der Waals surface area (Å²) in [7, 11) is 0. The summed E-state index contributed by atoms with van der Waals surface area (Å²) in [6.07, 6.45) is 1.44. The molecule has 44 valence electrons. The van der Waals surface area contributed by atoms with E-state index in [0.29, 0.717) is 5.82 Å². The van der Waals surface area contributed by atoms with Crippen LogP contribution in [0.2, 0.25) is 0 Å². The van der Waals surface area contributed by atoms with E-state index in [9.17, 15) is 0 Å². The molecular weight excluding hydrogens is 126 g/mol. The third-order valence-electron chi connectivity index (χ3n) is 0.810. The van der Waals surface area contributed by atoms with Crippen molar-refractivity contribution in [3.8, 4) is 0 Å². The molecule has 1 unspecified atom stereocenters. The Bertz CT molecular complexity index is 146. The Morgan fingerprint density at radius 2 is 2.62 bits per heavy atom. The van der Waals surface area contributed by atoms with Gasteiger partial charge in [-0.15, -0.1) is 11.6 Å². The summed E-state index contributed by atoms with van der Waals surface area (Å²) >= 11 is 5.61. The van der Waals surface area contributed by atoms with Gasteiger partial charge >= 0.3 is 0 Å². The highest BCUT2D eigenvalue weighted by Crippen LogP contribution is 2.11. The standard InChI is InChI=1S/C4H6ClN3/c1-3(5)4-6-2-7-8-4/h2-3H,1H3,(H,6,7,8). The molecule has 0 amide bonds. The fourth-order valence-corrected chi connectivity index (χ4v) is 0.512. The average Bonchev–Trinajstić information content (AvgIpc) is 2.12. The first kappa shape index (κ1) is 5.56. The number of hydrogen-bond donors (Lipinski definition) is 1. The Balaban J connectivity index is 2.77. The third kappa shape index (κ3) is 0.980. The predicted octanol–water partition coefficient (Wildman–Crippen LogP) is 1.10. The average molecular weight is 132 g/mol. The van der Waals surface area contributed by atoms with Crippen molar-refractivity contribution in [3.05, 3.63) is 12.2 Å². The zero-order chi connectivity index (χ0) is 5.98. The van der Waals surface area contributed by atoms with Crippen molar-refractivity contribution in [3.63, 3.8) is 0 Å². The molecule has 1 atom stereocenters. The van der Waals surface area contributed by atoms with Crippen molar-refractivity contribution < 1.29 is 0 Å². The SMILES string of the molecule is CC(Cl)c1ncn[nH]1. The van der Waals surface area contributed by atoms with E-state index in [4.69, 9.17) is 11.6 Å². The minimum absolute atomic E-state index is 0.0718. The topological polar surface area (TPSA) is 41.6 Å². The van der Waals surface area contributed by atoms with Crippen LogP contribution in [0.3, 0.4) is 0 Å². The van der Waals surface area contributed by atoms with Crippen LogP contribution in [0.15, 0.2) is 6.33 Å². The van der Waals surface area contributed by atoms with E-state index < -0.39 is 0 Å². The van der Waals surface area contributed by atoms with Crippen molar-refractivity contribution >= 4 is 11.6 Å². The molecule has 1 aromatic rings. The number of H-pyrrole nitrogens is 1. The van der Waals surface area contributed by atoms with Gasteiger partial charge in [-0.2, -0.15) is 5.10 Å². The molecule has 0 radical (unpaired) electrons. The number of alkyl halides is 1. The van der Waals surface area contributed by atoms with Crippen molar-refractivity contribution in [2.75, 3.05) is 0 Å². The molecule has 8 heavy (non-hydrogen) atoms. The van der Waals surface area contributed by atoms with Gasteiger partial charge in [0, 0.05) is 0 Å². The van der Waals surface area contributed by atoms with Gasteiger partial charge in [-0.1, -0.05) is 0 Å². The van der Waals surface area contributed by atoms with Crippen molar-refractivity contribution in [1.29, 1.82) is 0 Å². The lowest BCUT2D eigenvalue weighted by Crippen LogP contribution is -1.85. The van der Waals surface area contributed by atoms with Crippen LogP contribution in [0.1, 0.15) is 18.1 Å². The number of aromatic nitrogens is 3. The quantitative estimate of drug-likeness (QED) is 0.580. The van der Waals surface area contributed by atoms with E-state index >= 15 is 0 Å². The van der Waals surface area contributed by atoms with E-state index in [-0.39, 0.29) is 5.38 Å². The van der Waals surface area contributed by atoms with Gasteiger partial charge in [0.15, 0.2) is 0 Å². The van der Waals surface area contributed by atoms with Crippen LogP contribution in [0, 0.1) is 0 Å². The Morgan fingerprint density at radius 1 is 1.88 bits per heavy atom. The molecule has 1 heterocycles. The summed E-state index contributed by atoms with van der Waals surface area (Å²) in [5, 5.41) is 6.19. The number of aromatic amines is 1. The molecule has 1 aromatic heterocycles. The van der Waals surface area contributed by atoms with Gasteiger partial charge in [-0.05, 0) is 6.92 Å². The molecule has 1 rings (SSSR count). The molecule has 4 heteroatoms. The van der Waals surface area contributed by atoms with Crippen molar-refractivity contribution in [2.45, 2.75) is 12.3 Å². The molecule has 0 fully saturated rings. The molecule has 0 spiro atoms. The van der Waals surface area contributed by atoms with Crippen LogP contribution < -0.4 is 0 Å². The van der Waals surface area contributed by atoms with E-state index in [2.05, 4.69) is 15.2 Å². The molecule has 0 saturated heterocycles. The molecule has 0 aliphatic rings. The smallest absolute Gasteiger partial charge is 0.141 e. The van der Waals surface area contributed by atoms with E-state index in [0.717, 1.165) is 0 Å². The third-order valence-corrected chi connectivity index (χ3v) is 1.02. The first-order valence-corrected chi connectivity index (χ1v) is 2.73.